The summed E-state index contributed by atoms with van der Waals surface area (Å²) in [6.07, 6.45) is 0. The molecule has 0 spiro atoms. The Morgan fingerprint density at radius 3 is 2.81 bits per heavy atom. The first kappa shape index (κ1) is 10.9. The molecule has 1 aromatic carbocycles. The lowest BCUT2D eigenvalue weighted by Crippen LogP contribution is -2.07. The van der Waals surface area contributed by atoms with E-state index < -0.39 is 0 Å². The maximum absolute atomic E-state index is 5.19. The minimum atomic E-state index is 0.848. The SMILES string of the molecule is CNCc1cc2ccc(OC)cc2nc1C. The van der Waals surface area contributed by atoms with E-state index in [1.807, 2.05) is 32.2 Å². The normalized spacial score (nSPS) is 10.7. The molecule has 2 rings (SSSR count). The zero-order chi connectivity index (χ0) is 11.5. The van der Waals surface area contributed by atoms with E-state index in [0.717, 1.165) is 28.9 Å². The van der Waals surface area contributed by atoms with Gasteiger partial charge in [0.1, 0.15) is 5.75 Å². The molecule has 1 aromatic heterocycles. The molecule has 0 amide bonds. The second-order valence-corrected chi connectivity index (χ2v) is 3.82. The fraction of sp³-hybridized carbons (Fsp3) is 0.308. The van der Waals surface area contributed by atoms with E-state index in [9.17, 15) is 0 Å². The van der Waals surface area contributed by atoms with Crippen LogP contribution in [0.2, 0.25) is 0 Å². The zero-order valence-corrected chi connectivity index (χ0v) is 9.87. The van der Waals surface area contributed by atoms with Crippen molar-refractivity contribution < 1.29 is 4.74 Å². The average molecular weight is 216 g/mol. The van der Waals surface area contributed by atoms with E-state index >= 15 is 0 Å². The quantitative estimate of drug-likeness (QED) is 0.854. The minimum absolute atomic E-state index is 0.848. The molecule has 0 fully saturated rings. The van der Waals surface area contributed by atoms with Crippen LogP contribution >= 0.6 is 0 Å². The average Bonchev–Trinajstić information content (AvgIpc) is 2.30. The van der Waals surface area contributed by atoms with Gasteiger partial charge in [0.2, 0.25) is 0 Å². The van der Waals surface area contributed by atoms with Crippen molar-refractivity contribution >= 4 is 10.9 Å². The molecule has 0 saturated carbocycles. The van der Waals surface area contributed by atoms with E-state index in [4.69, 9.17) is 4.74 Å². The molecule has 1 N–H and O–H groups in total. The van der Waals surface area contributed by atoms with Gasteiger partial charge in [0.05, 0.1) is 12.6 Å². The summed E-state index contributed by atoms with van der Waals surface area (Å²) in [5.74, 6) is 0.848. The molecule has 2 aromatic rings. The maximum atomic E-state index is 5.19. The molecular weight excluding hydrogens is 200 g/mol. The highest BCUT2D eigenvalue weighted by molar-refractivity contribution is 5.81. The molecule has 0 aliphatic heterocycles. The Labute approximate surface area is 95.5 Å². The number of hydrogen-bond donors (Lipinski definition) is 1. The van der Waals surface area contributed by atoms with Crippen molar-refractivity contribution in [3.05, 3.63) is 35.5 Å². The predicted molar refractivity (Wildman–Crippen MR) is 65.8 cm³/mol. The van der Waals surface area contributed by atoms with E-state index in [2.05, 4.69) is 16.4 Å². The van der Waals surface area contributed by atoms with Gasteiger partial charge in [0, 0.05) is 23.7 Å². The highest BCUT2D eigenvalue weighted by Crippen LogP contribution is 2.21. The fourth-order valence-electron chi connectivity index (χ4n) is 1.78. The van der Waals surface area contributed by atoms with Gasteiger partial charge in [-0.3, -0.25) is 4.98 Å². The summed E-state index contributed by atoms with van der Waals surface area (Å²) in [5.41, 5.74) is 3.28. The van der Waals surface area contributed by atoms with Crippen LogP contribution in [0, 0.1) is 6.92 Å². The van der Waals surface area contributed by atoms with Gasteiger partial charge in [0.15, 0.2) is 0 Å². The summed E-state index contributed by atoms with van der Waals surface area (Å²) in [4.78, 5) is 4.58. The highest BCUT2D eigenvalue weighted by Gasteiger charge is 2.03. The molecule has 3 nitrogen and oxygen atoms in total. The van der Waals surface area contributed by atoms with Gasteiger partial charge in [0.25, 0.3) is 0 Å². The maximum Gasteiger partial charge on any atom is 0.121 e. The van der Waals surface area contributed by atoms with Gasteiger partial charge in [-0.15, -0.1) is 0 Å². The van der Waals surface area contributed by atoms with Crippen LogP contribution in [-0.2, 0) is 6.54 Å². The minimum Gasteiger partial charge on any atom is -0.497 e. The number of methoxy groups -OCH3 is 1. The van der Waals surface area contributed by atoms with Gasteiger partial charge in [-0.25, -0.2) is 0 Å². The van der Waals surface area contributed by atoms with Crippen molar-refractivity contribution in [2.75, 3.05) is 14.2 Å². The fourth-order valence-corrected chi connectivity index (χ4v) is 1.78. The lowest BCUT2D eigenvalue weighted by atomic mass is 10.1. The Bertz CT molecular complexity index is 509. The standard InChI is InChI=1S/C13H16N2O/c1-9-11(8-14-2)6-10-4-5-12(16-3)7-13(10)15-9/h4-7,14H,8H2,1-3H3. The summed E-state index contributed by atoms with van der Waals surface area (Å²) >= 11 is 0. The van der Waals surface area contributed by atoms with Crippen LogP contribution in [0.15, 0.2) is 24.3 Å². The lowest BCUT2D eigenvalue weighted by molar-refractivity contribution is 0.415. The number of aryl methyl sites for hydroxylation is 1. The summed E-state index contributed by atoms with van der Waals surface area (Å²) in [5, 5.41) is 4.30. The van der Waals surface area contributed by atoms with Crippen molar-refractivity contribution in [3.63, 3.8) is 0 Å². The molecule has 3 heteroatoms. The molecule has 16 heavy (non-hydrogen) atoms. The second kappa shape index (κ2) is 4.49. The van der Waals surface area contributed by atoms with Crippen molar-refractivity contribution in [1.82, 2.24) is 10.3 Å². The third-order valence-corrected chi connectivity index (χ3v) is 2.69. The topological polar surface area (TPSA) is 34.1 Å². The Hall–Kier alpha value is -1.61. The first-order valence-electron chi connectivity index (χ1n) is 5.33. The summed E-state index contributed by atoms with van der Waals surface area (Å²) in [6, 6.07) is 8.14. The molecule has 0 aliphatic rings. The smallest absolute Gasteiger partial charge is 0.121 e. The molecule has 0 aliphatic carbocycles. The predicted octanol–water partition coefficient (Wildman–Crippen LogP) is 2.27. The van der Waals surface area contributed by atoms with Crippen molar-refractivity contribution in [3.8, 4) is 5.75 Å². The van der Waals surface area contributed by atoms with Crippen LogP contribution in [0.1, 0.15) is 11.3 Å². The van der Waals surface area contributed by atoms with Crippen LogP contribution in [0.4, 0.5) is 0 Å². The molecule has 1 heterocycles. The van der Waals surface area contributed by atoms with Gasteiger partial charge in [-0.05, 0) is 37.7 Å². The summed E-state index contributed by atoms with van der Waals surface area (Å²) in [7, 11) is 3.61. The number of fused-ring (bicyclic) bond motifs is 1. The van der Waals surface area contributed by atoms with E-state index in [1.165, 1.54) is 5.56 Å². The number of benzene rings is 1. The lowest BCUT2D eigenvalue weighted by Gasteiger charge is -2.08. The number of hydrogen-bond acceptors (Lipinski definition) is 3. The molecule has 0 atom stereocenters. The number of aromatic nitrogens is 1. The van der Waals surface area contributed by atoms with Gasteiger partial charge in [-0.1, -0.05) is 0 Å². The Morgan fingerprint density at radius 1 is 1.31 bits per heavy atom. The number of nitrogens with zero attached hydrogens (tertiary/aromatic N) is 1. The highest BCUT2D eigenvalue weighted by atomic mass is 16.5. The van der Waals surface area contributed by atoms with Crippen molar-refractivity contribution in [1.29, 1.82) is 0 Å². The first-order valence-corrected chi connectivity index (χ1v) is 5.33. The van der Waals surface area contributed by atoms with Gasteiger partial charge >= 0.3 is 0 Å². The Morgan fingerprint density at radius 2 is 2.12 bits per heavy atom. The van der Waals surface area contributed by atoms with E-state index in [0.29, 0.717) is 0 Å². The van der Waals surface area contributed by atoms with Gasteiger partial charge in [-0.2, -0.15) is 0 Å². The largest absolute Gasteiger partial charge is 0.497 e. The zero-order valence-electron chi connectivity index (χ0n) is 9.87. The Balaban J connectivity index is 2.55. The van der Waals surface area contributed by atoms with Crippen LogP contribution in [0.5, 0.6) is 5.75 Å². The van der Waals surface area contributed by atoms with Crippen molar-refractivity contribution in [2.45, 2.75) is 13.5 Å². The first-order chi connectivity index (χ1) is 7.74. The van der Waals surface area contributed by atoms with Crippen LogP contribution in [0.25, 0.3) is 10.9 Å². The molecule has 0 unspecified atom stereocenters. The third kappa shape index (κ3) is 1.99. The molecule has 84 valence electrons. The van der Waals surface area contributed by atoms with E-state index in [-0.39, 0.29) is 0 Å². The van der Waals surface area contributed by atoms with Crippen molar-refractivity contribution in [2.24, 2.45) is 0 Å². The Kier molecular flexibility index (Phi) is 3.06. The summed E-state index contributed by atoms with van der Waals surface area (Å²) < 4.78 is 5.19. The number of pyridine rings is 1. The number of nitrogens with one attached hydrogen (secondary N) is 1. The number of ether oxygens (including phenoxy) is 1. The van der Waals surface area contributed by atoms with Crippen LogP contribution in [-0.4, -0.2) is 19.1 Å². The van der Waals surface area contributed by atoms with Gasteiger partial charge < -0.3 is 10.1 Å². The van der Waals surface area contributed by atoms with Crippen LogP contribution < -0.4 is 10.1 Å². The molecule has 0 saturated heterocycles. The number of rotatable bonds is 3. The monoisotopic (exact) mass is 216 g/mol. The van der Waals surface area contributed by atoms with Crippen LogP contribution in [0.3, 0.4) is 0 Å². The summed E-state index contributed by atoms with van der Waals surface area (Å²) in [6.45, 7) is 2.88. The van der Waals surface area contributed by atoms with E-state index in [1.54, 1.807) is 7.11 Å². The second-order valence-electron chi connectivity index (χ2n) is 3.82. The molecular formula is C13H16N2O. The third-order valence-electron chi connectivity index (χ3n) is 2.69. The molecule has 0 bridgehead atoms. The molecule has 0 radical (unpaired) electrons.